The van der Waals surface area contributed by atoms with Gasteiger partial charge in [-0.2, -0.15) is 0 Å². The molecule has 0 amide bonds. The van der Waals surface area contributed by atoms with E-state index in [0.717, 1.165) is 135 Å². The van der Waals surface area contributed by atoms with Gasteiger partial charge in [0.2, 0.25) is 0 Å². The van der Waals surface area contributed by atoms with Crippen LogP contribution in [0.3, 0.4) is 0 Å². The zero-order valence-corrected chi connectivity index (χ0v) is 34.3. The summed E-state index contributed by atoms with van der Waals surface area (Å²) in [6, 6.07) is 0. The predicted octanol–water partition coefficient (Wildman–Crippen LogP) is 13.5. The third-order valence-electron chi connectivity index (χ3n) is 8.70. The van der Waals surface area contributed by atoms with Gasteiger partial charge in [-0.3, -0.25) is 14.4 Å². The van der Waals surface area contributed by atoms with Crippen LogP contribution in [0.5, 0.6) is 0 Å². The average Bonchev–Trinajstić information content (AvgIpc) is 3.15. The van der Waals surface area contributed by atoms with Gasteiger partial charge < -0.3 is 14.2 Å². The molecule has 0 saturated heterocycles. The Kier molecular flexibility index (Phi) is 39.1. The molecule has 1 atom stereocenters. The number of rotatable bonds is 37. The maximum Gasteiger partial charge on any atom is 0.306 e. The third kappa shape index (κ3) is 39.9. The summed E-state index contributed by atoms with van der Waals surface area (Å²) < 4.78 is 16.6. The summed E-state index contributed by atoms with van der Waals surface area (Å²) in [5, 5.41) is 0. The highest BCUT2D eigenvalue weighted by molar-refractivity contribution is 5.71. The van der Waals surface area contributed by atoms with Gasteiger partial charge in [-0.25, -0.2) is 0 Å². The second kappa shape index (κ2) is 41.6. The monoisotopic (exact) mass is 739 g/mol. The van der Waals surface area contributed by atoms with Crippen molar-refractivity contribution in [1.29, 1.82) is 0 Å². The van der Waals surface area contributed by atoms with Crippen LogP contribution in [0.4, 0.5) is 0 Å². The topological polar surface area (TPSA) is 78.9 Å². The normalized spacial score (nSPS) is 12.7. The van der Waals surface area contributed by atoms with Gasteiger partial charge in [-0.1, -0.05) is 151 Å². The van der Waals surface area contributed by atoms with Crippen LogP contribution >= 0.6 is 0 Å². The van der Waals surface area contributed by atoms with Crippen LogP contribution in [0.25, 0.3) is 0 Å². The molecule has 302 valence electrons. The molecular weight excluding hydrogens is 661 g/mol. The Balaban J connectivity index is 4.47. The Morgan fingerprint density at radius 1 is 0.415 bits per heavy atom. The van der Waals surface area contributed by atoms with Gasteiger partial charge in [0.05, 0.1) is 0 Å². The molecule has 6 nitrogen and oxygen atoms in total. The molecule has 0 bridgehead atoms. The highest BCUT2D eigenvalue weighted by Crippen LogP contribution is 2.12. The highest BCUT2D eigenvalue weighted by atomic mass is 16.6. The molecule has 0 rings (SSSR count). The third-order valence-corrected chi connectivity index (χ3v) is 8.70. The van der Waals surface area contributed by atoms with E-state index in [-0.39, 0.29) is 31.1 Å². The molecule has 0 spiro atoms. The van der Waals surface area contributed by atoms with E-state index in [4.69, 9.17) is 14.2 Å². The van der Waals surface area contributed by atoms with E-state index in [0.29, 0.717) is 19.3 Å². The molecule has 0 radical (unpaired) electrons. The van der Waals surface area contributed by atoms with Crippen molar-refractivity contribution in [3.8, 4) is 0 Å². The molecule has 0 aromatic carbocycles. The van der Waals surface area contributed by atoms with Crippen molar-refractivity contribution >= 4 is 17.9 Å². The number of ether oxygens (including phenoxy) is 3. The average molecular weight is 739 g/mol. The second-order valence-electron chi connectivity index (χ2n) is 13.9. The largest absolute Gasteiger partial charge is 0.462 e. The minimum Gasteiger partial charge on any atom is -0.462 e. The molecule has 53 heavy (non-hydrogen) atoms. The summed E-state index contributed by atoms with van der Waals surface area (Å²) >= 11 is 0. The molecule has 6 heteroatoms. The smallest absolute Gasteiger partial charge is 0.306 e. The number of hydrogen-bond donors (Lipinski definition) is 0. The van der Waals surface area contributed by atoms with Gasteiger partial charge in [0, 0.05) is 19.3 Å². The quantitative estimate of drug-likeness (QED) is 0.0208. The first kappa shape index (κ1) is 49.9. The molecule has 0 fully saturated rings. The van der Waals surface area contributed by atoms with Crippen LogP contribution in [0.1, 0.15) is 188 Å². The van der Waals surface area contributed by atoms with E-state index in [9.17, 15) is 14.4 Å². The number of unbranched alkanes of at least 4 members (excludes halogenated alkanes) is 15. The maximum absolute atomic E-state index is 12.7. The lowest BCUT2D eigenvalue weighted by molar-refractivity contribution is -0.167. The van der Waals surface area contributed by atoms with Crippen LogP contribution < -0.4 is 0 Å². The van der Waals surface area contributed by atoms with Crippen LogP contribution in [-0.2, 0) is 28.6 Å². The highest BCUT2D eigenvalue weighted by Gasteiger charge is 2.19. The minimum atomic E-state index is -0.796. The first-order valence-electron chi connectivity index (χ1n) is 21.5. The van der Waals surface area contributed by atoms with Gasteiger partial charge in [-0.05, 0) is 89.9 Å². The zero-order valence-electron chi connectivity index (χ0n) is 34.3. The van der Waals surface area contributed by atoms with Crippen molar-refractivity contribution in [1.82, 2.24) is 0 Å². The lowest BCUT2D eigenvalue weighted by Gasteiger charge is -2.18. The summed E-state index contributed by atoms with van der Waals surface area (Å²) in [7, 11) is 0. The van der Waals surface area contributed by atoms with Crippen LogP contribution in [0, 0.1) is 0 Å². The van der Waals surface area contributed by atoms with Crippen molar-refractivity contribution in [2.45, 2.75) is 194 Å². The van der Waals surface area contributed by atoms with E-state index >= 15 is 0 Å². The molecule has 0 saturated carbocycles. The molecule has 0 aliphatic rings. The summed E-state index contributed by atoms with van der Waals surface area (Å²) in [4.78, 5) is 37.6. The van der Waals surface area contributed by atoms with E-state index in [1.807, 2.05) is 0 Å². The number of esters is 3. The molecule has 0 aromatic heterocycles. The Hall–Kier alpha value is -3.15. The van der Waals surface area contributed by atoms with Gasteiger partial charge in [0.1, 0.15) is 13.2 Å². The van der Waals surface area contributed by atoms with Crippen molar-refractivity contribution in [3.63, 3.8) is 0 Å². The Labute approximate surface area is 325 Å². The Morgan fingerprint density at radius 2 is 0.792 bits per heavy atom. The molecule has 0 heterocycles. The van der Waals surface area contributed by atoms with Gasteiger partial charge >= 0.3 is 17.9 Å². The SMILES string of the molecule is CC/C=C\C/C=C\CCCCCCCC(=O)OCC(COC(=O)CCCCC/C=C\C=C/CCCC)OC(=O)CCCCCCC/C=C\C/C=C\CC. The number of hydrogen-bond acceptors (Lipinski definition) is 6. The first-order valence-corrected chi connectivity index (χ1v) is 21.5. The standard InChI is InChI=1S/C47H78O6/c1-4-7-10-13-16-19-22-25-28-31-34-37-40-46(49)52-43-44(42-51-45(48)39-36-33-30-27-24-21-18-15-12-9-6-3)53-47(50)41-38-35-32-29-26-23-20-17-14-11-8-5-2/h7-8,10-11,15-21,24,44H,4-6,9,12-14,22-23,25-43H2,1-3H3/b10-7-,11-8-,18-15-,19-16-,20-17-,24-21-. The van der Waals surface area contributed by atoms with Crippen molar-refractivity contribution in [3.05, 3.63) is 72.9 Å². The molecule has 0 aromatic rings. The molecule has 0 aliphatic heterocycles. The Morgan fingerprint density at radius 3 is 1.26 bits per heavy atom. The zero-order chi connectivity index (χ0) is 38.7. The van der Waals surface area contributed by atoms with Crippen molar-refractivity contribution in [2.24, 2.45) is 0 Å². The molecular formula is C47H78O6. The van der Waals surface area contributed by atoms with E-state index in [1.165, 1.54) is 12.8 Å². The lowest BCUT2D eigenvalue weighted by Crippen LogP contribution is -2.30. The van der Waals surface area contributed by atoms with Gasteiger partial charge in [0.25, 0.3) is 0 Å². The van der Waals surface area contributed by atoms with Crippen molar-refractivity contribution < 1.29 is 28.6 Å². The number of allylic oxidation sites excluding steroid dienone is 12. The summed E-state index contributed by atoms with van der Waals surface area (Å²) in [5.74, 6) is -0.966. The van der Waals surface area contributed by atoms with E-state index in [2.05, 4.69) is 93.7 Å². The molecule has 0 N–H and O–H groups in total. The first-order chi connectivity index (χ1) is 26.0. The maximum atomic E-state index is 12.7. The van der Waals surface area contributed by atoms with Gasteiger partial charge in [0.15, 0.2) is 6.10 Å². The van der Waals surface area contributed by atoms with Crippen LogP contribution in [0.15, 0.2) is 72.9 Å². The van der Waals surface area contributed by atoms with E-state index in [1.54, 1.807) is 0 Å². The fourth-order valence-corrected chi connectivity index (χ4v) is 5.49. The van der Waals surface area contributed by atoms with Crippen LogP contribution in [-0.4, -0.2) is 37.2 Å². The fourth-order valence-electron chi connectivity index (χ4n) is 5.49. The lowest BCUT2D eigenvalue weighted by atomic mass is 10.1. The molecule has 0 aliphatic carbocycles. The van der Waals surface area contributed by atoms with Gasteiger partial charge in [-0.15, -0.1) is 0 Å². The summed E-state index contributed by atoms with van der Waals surface area (Å²) in [5.41, 5.74) is 0. The van der Waals surface area contributed by atoms with E-state index < -0.39 is 6.10 Å². The molecule has 1 unspecified atom stereocenters. The minimum absolute atomic E-state index is 0.0986. The van der Waals surface area contributed by atoms with Crippen molar-refractivity contribution in [2.75, 3.05) is 13.2 Å². The summed E-state index contributed by atoms with van der Waals surface area (Å²) in [6.45, 7) is 6.28. The fraction of sp³-hybridized carbons (Fsp3) is 0.681. The number of carbonyl (C=O) groups is 3. The second-order valence-corrected chi connectivity index (χ2v) is 13.9. The summed E-state index contributed by atoms with van der Waals surface area (Å²) in [6.07, 6.45) is 50.3. The van der Waals surface area contributed by atoms with Crippen LogP contribution in [0.2, 0.25) is 0 Å². The predicted molar refractivity (Wildman–Crippen MR) is 224 cm³/mol. The number of carbonyl (C=O) groups excluding carboxylic acids is 3. The Bertz CT molecular complexity index is 1030.